The number of carboxylic acid groups (broad SMARTS) is 1. The Morgan fingerprint density at radius 1 is 1.35 bits per heavy atom. The number of anilines is 1. The number of aryl methyl sites for hydroxylation is 1. The van der Waals surface area contributed by atoms with Crippen molar-refractivity contribution < 1.29 is 31.5 Å². The number of aliphatic carboxylic acids is 1. The van der Waals surface area contributed by atoms with Crippen molar-refractivity contribution in [3.63, 3.8) is 0 Å². The van der Waals surface area contributed by atoms with Crippen LogP contribution in [0.2, 0.25) is 0 Å². The molecule has 0 aliphatic carbocycles. The molecule has 0 radical (unpaired) electrons. The standard InChI is InChI=1S/C11H12F3NO4S/c1-6-3-4-8(5-9(6)11(12,13)14)15-20(18,19)7(2)10(16)17/h3-5,7,15H,1-2H3,(H,16,17). The number of hydrogen-bond acceptors (Lipinski definition) is 3. The van der Waals surface area contributed by atoms with Crippen LogP contribution in [0.5, 0.6) is 0 Å². The number of sulfonamides is 1. The fourth-order valence-electron chi connectivity index (χ4n) is 1.38. The maximum Gasteiger partial charge on any atom is 0.416 e. The van der Waals surface area contributed by atoms with Crippen LogP contribution in [-0.2, 0) is 21.0 Å². The Balaban J connectivity index is 3.15. The third kappa shape index (κ3) is 3.62. The maximum absolute atomic E-state index is 12.7. The Morgan fingerprint density at radius 2 is 1.90 bits per heavy atom. The van der Waals surface area contributed by atoms with Gasteiger partial charge in [-0.3, -0.25) is 9.52 Å². The molecule has 1 atom stereocenters. The number of alkyl halides is 3. The van der Waals surface area contributed by atoms with Crippen LogP contribution in [0.15, 0.2) is 18.2 Å². The van der Waals surface area contributed by atoms with E-state index in [0.717, 1.165) is 19.1 Å². The smallest absolute Gasteiger partial charge is 0.416 e. The highest BCUT2D eigenvalue weighted by molar-refractivity contribution is 7.94. The molecule has 0 saturated carbocycles. The molecule has 9 heteroatoms. The van der Waals surface area contributed by atoms with Gasteiger partial charge in [0.2, 0.25) is 10.0 Å². The van der Waals surface area contributed by atoms with E-state index in [1.165, 1.54) is 6.92 Å². The summed E-state index contributed by atoms with van der Waals surface area (Å²) in [7, 11) is -4.30. The van der Waals surface area contributed by atoms with E-state index in [2.05, 4.69) is 0 Å². The van der Waals surface area contributed by atoms with E-state index in [-0.39, 0.29) is 11.3 Å². The molecule has 2 N–H and O–H groups in total. The molecule has 1 rings (SSSR count). The van der Waals surface area contributed by atoms with Gasteiger partial charge in [0, 0.05) is 5.69 Å². The molecule has 20 heavy (non-hydrogen) atoms. The molecule has 0 heterocycles. The van der Waals surface area contributed by atoms with E-state index in [1.54, 1.807) is 0 Å². The number of halogens is 3. The number of hydrogen-bond donors (Lipinski definition) is 2. The van der Waals surface area contributed by atoms with Crippen LogP contribution in [0.1, 0.15) is 18.1 Å². The summed E-state index contributed by atoms with van der Waals surface area (Å²) in [5, 5.41) is 6.84. The Morgan fingerprint density at radius 3 is 2.35 bits per heavy atom. The van der Waals surface area contributed by atoms with Crippen molar-refractivity contribution in [2.75, 3.05) is 4.72 Å². The monoisotopic (exact) mass is 311 g/mol. The second-order valence-electron chi connectivity index (χ2n) is 4.15. The molecular formula is C11H12F3NO4S. The minimum atomic E-state index is -4.62. The van der Waals surface area contributed by atoms with Gasteiger partial charge in [0.1, 0.15) is 0 Å². The molecule has 1 unspecified atom stereocenters. The first kappa shape index (κ1) is 16.3. The van der Waals surface area contributed by atoms with Gasteiger partial charge in [0.15, 0.2) is 5.25 Å². The van der Waals surface area contributed by atoms with E-state index in [9.17, 15) is 26.4 Å². The summed E-state index contributed by atoms with van der Waals surface area (Å²) in [4.78, 5) is 10.6. The van der Waals surface area contributed by atoms with Gasteiger partial charge < -0.3 is 5.11 Å². The highest BCUT2D eigenvalue weighted by Crippen LogP contribution is 2.33. The molecule has 0 amide bonds. The van der Waals surface area contributed by atoms with Crippen molar-refractivity contribution in [3.8, 4) is 0 Å². The van der Waals surface area contributed by atoms with Gasteiger partial charge in [-0.1, -0.05) is 6.07 Å². The topological polar surface area (TPSA) is 83.5 Å². The second kappa shape index (κ2) is 5.31. The van der Waals surface area contributed by atoms with Gasteiger partial charge in [-0.2, -0.15) is 13.2 Å². The first-order valence-corrected chi connectivity index (χ1v) is 6.92. The third-order valence-corrected chi connectivity index (χ3v) is 4.27. The zero-order valence-electron chi connectivity index (χ0n) is 10.5. The van der Waals surface area contributed by atoms with Crippen molar-refractivity contribution in [1.82, 2.24) is 0 Å². The van der Waals surface area contributed by atoms with Crippen LogP contribution < -0.4 is 4.72 Å². The lowest BCUT2D eigenvalue weighted by Crippen LogP contribution is -2.32. The zero-order valence-corrected chi connectivity index (χ0v) is 11.3. The normalized spacial score (nSPS) is 13.8. The van der Waals surface area contributed by atoms with Gasteiger partial charge >= 0.3 is 12.1 Å². The highest BCUT2D eigenvalue weighted by atomic mass is 32.2. The molecule has 0 bridgehead atoms. The summed E-state index contributed by atoms with van der Waals surface area (Å²) in [6.45, 7) is 2.16. The lowest BCUT2D eigenvalue weighted by Gasteiger charge is -2.15. The molecule has 0 saturated heterocycles. The second-order valence-corrected chi connectivity index (χ2v) is 6.16. The van der Waals surface area contributed by atoms with Crippen LogP contribution in [0.4, 0.5) is 18.9 Å². The molecule has 112 valence electrons. The van der Waals surface area contributed by atoms with Gasteiger partial charge in [0.25, 0.3) is 0 Å². The van der Waals surface area contributed by atoms with Crippen molar-refractivity contribution in [2.45, 2.75) is 25.3 Å². The van der Waals surface area contributed by atoms with E-state index in [1.807, 2.05) is 4.72 Å². The molecular weight excluding hydrogens is 299 g/mol. The largest absolute Gasteiger partial charge is 0.480 e. The molecule has 1 aromatic rings. The Hall–Kier alpha value is -1.77. The summed E-state index contributed by atoms with van der Waals surface area (Å²) in [6.07, 6.45) is -4.62. The fraction of sp³-hybridized carbons (Fsp3) is 0.364. The Labute approximate surface area is 113 Å². The minimum absolute atomic E-state index is 0.0632. The number of benzene rings is 1. The fourth-order valence-corrected chi connectivity index (χ4v) is 2.27. The van der Waals surface area contributed by atoms with Crippen LogP contribution in [0.25, 0.3) is 0 Å². The van der Waals surface area contributed by atoms with E-state index in [0.29, 0.717) is 6.07 Å². The molecule has 5 nitrogen and oxygen atoms in total. The van der Waals surface area contributed by atoms with Gasteiger partial charge in [0.05, 0.1) is 5.56 Å². The van der Waals surface area contributed by atoms with Gasteiger partial charge in [-0.05, 0) is 31.5 Å². The quantitative estimate of drug-likeness (QED) is 0.893. The molecule has 0 aliphatic heterocycles. The molecule has 0 fully saturated rings. The molecule has 0 aromatic heterocycles. The predicted octanol–water partition coefficient (Wildman–Crippen LogP) is 2.23. The number of rotatable bonds is 4. The average molecular weight is 311 g/mol. The first-order valence-electron chi connectivity index (χ1n) is 5.37. The van der Waals surface area contributed by atoms with Gasteiger partial charge in [-0.15, -0.1) is 0 Å². The average Bonchev–Trinajstić information content (AvgIpc) is 2.28. The first-order chi connectivity index (χ1) is 8.95. The highest BCUT2D eigenvalue weighted by Gasteiger charge is 2.33. The molecule has 1 aromatic carbocycles. The summed E-state index contributed by atoms with van der Waals surface area (Å²) in [5.41, 5.74) is -1.39. The molecule has 0 aliphatic rings. The summed E-state index contributed by atoms with van der Waals surface area (Å²) in [6, 6.07) is 2.87. The van der Waals surface area contributed by atoms with Crippen molar-refractivity contribution in [3.05, 3.63) is 29.3 Å². The van der Waals surface area contributed by atoms with Crippen molar-refractivity contribution in [1.29, 1.82) is 0 Å². The molecule has 0 spiro atoms. The predicted molar refractivity (Wildman–Crippen MR) is 65.8 cm³/mol. The SMILES string of the molecule is Cc1ccc(NS(=O)(=O)C(C)C(=O)O)cc1C(F)(F)F. The van der Waals surface area contributed by atoms with Crippen LogP contribution >= 0.6 is 0 Å². The van der Waals surface area contributed by atoms with E-state index < -0.39 is 33.0 Å². The Bertz CT molecular complexity index is 625. The maximum atomic E-state index is 12.7. The van der Waals surface area contributed by atoms with Crippen LogP contribution in [0.3, 0.4) is 0 Å². The van der Waals surface area contributed by atoms with Crippen LogP contribution in [0, 0.1) is 6.92 Å². The lowest BCUT2D eigenvalue weighted by molar-refractivity contribution is -0.138. The number of carbonyl (C=O) groups is 1. The van der Waals surface area contributed by atoms with E-state index >= 15 is 0 Å². The van der Waals surface area contributed by atoms with E-state index in [4.69, 9.17) is 5.11 Å². The van der Waals surface area contributed by atoms with Gasteiger partial charge in [-0.25, -0.2) is 8.42 Å². The summed E-state index contributed by atoms with van der Waals surface area (Å²) < 4.78 is 63.1. The third-order valence-electron chi connectivity index (χ3n) is 2.62. The zero-order chi connectivity index (χ0) is 15.7. The van der Waals surface area contributed by atoms with Crippen molar-refractivity contribution >= 4 is 21.7 Å². The van der Waals surface area contributed by atoms with Crippen LogP contribution in [-0.4, -0.2) is 24.7 Å². The number of carboxylic acids is 1. The van der Waals surface area contributed by atoms with Crippen molar-refractivity contribution in [2.24, 2.45) is 0 Å². The Kier molecular flexibility index (Phi) is 4.33. The number of nitrogens with one attached hydrogen (secondary N) is 1. The lowest BCUT2D eigenvalue weighted by atomic mass is 10.1. The minimum Gasteiger partial charge on any atom is -0.480 e. The summed E-state index contributed by atoms with van der Waals surface area (Å²) >= 11 is 0. The summed E-state index contributed by atoms with van der Waals surface area (Å²) in [5.74, 6) is -1.60.